The molecular weight excluding hydrogens is 387 g/mol. The van der Waals surface area contributed by atoms with Gasteiger partial charge in [-0.3, -0.25) is 9.69 Å². The van der Waals surface area contributed by atoms with Gasteiger partial charge in [-0.05, 0) is 46.7 Å². The lowest BCUT2D eigenvalue weighted by molar-refractivity contribution is 0.0624. The van der Waals surface area contributed by atoms with Gasteiger partial charge in [-0.1, -0.05) is 25.4 Å². The van der Waals surface area contributed by atoms with Crippen LogP contribution in [0.3, 0.4) is 0 Å². The Balaban J connectivity index is 1.96. The molecule has 0 atom stereocenters. The van der Waals surface area contributed by atoms with E-state index in [2.05, 4.69) is 41.3 Å². The Hall–Kier alpha value is -0.330. The van der Waals surface area contributed by atoms with E-state index in [1.54, 1.807) is 6.07 Å². The zero-order chi connectivity index (χ0) is 14.7. The molecule has 1 amide bonds. The van der Waals surface area contributed by atoms with Crippen LogP contribution in [0, 0.1) is 9.49 Å². The SMILES string of the molecule is CC(C)CN1CCN(C(=O)c2ccc(I)c(Cl)c2)CC1. The normalized spacial score (nSPS) is 16.8. The smallest absolute Gasteiger partial charge is 0.253 e. The summed E-state index contributed by atoms with van der Waals surface area (Å²) in [7, 11) is 0. The van der Waals surface area contributed by atoms with Crippen LogP contribution in [0.25, 0.3) is 0 Å². The maximum atomic E-state index is 12.4. The Morgan fingerprint density at radius 1 is 1.30 bits per heavy atom. The van der Waals surface area contributed by atoms with Crippen LogP contribution in [0.5, 0.6) is 0 Å². The fraction of sp³-hybridized carbons (Fsp3) is 0.533. The first-order chi connectivity index (χ1) is 9.47. The average molecular weight is 407 g/mol. The number of benzene rings is 1. The van der Waals surface area contributed by atoms with Gasteiger partial charge in [0.05, 0.1) is 5.02 Å². The van der Waals surface area contributed by atoms with Gasteiger partial charge in [-0.2, -0.15) is 0 Å². The number of hydrogen-bond donors (Lipinski definition) is 0. The van der Waals surface area contributed by atoms with Crippen LogP contribution in [-0.2, 0) is 0 Å². The molecule has 1 fully saturated rings. The second-order valence-corrected chi connectivity index (χ2v) is 7.18. The van der Waals surface area contributed by atoms with Crippen molar-refractivity contribution in [2.45, 2.75) is 13.8 Å². The summed E-state index contributed by atoms with van der Waals surface area (Å²) in [6, 6.07) is 5.52. The van der Waals surface area contributed by atoms with Gasteiger partial charge in [0.2, 0.25) is 0 Å². The lowest BCUT2D eigenvalue weighted by Crippen LogP contribution is -2.49. The van der Waals surface area contributed by atoms with Gasteiger partial charge < -0.3 is 4.90 Å². The molecule has 0 unspecified atom stereocenters. The first-order valence-corrected chi connectivity index (χ1v) is 8.39. The maximum absolute atomic E-state index is 12.4. The van der Waals surface area contributed by atoms with E-state index < -0.39 is 0 Å². The Morgan fingerprint density at radius 3 is 2.50 bits per heavy atom. The zero-order valence-electron chi connectivity index (χ0n) is 11.9. The first kappa shape index (κ1) is 16.0. The fourth-order valence-corrected chi connectivity index (χ4v) is 2.98. The summed E-state index contributed by atoms with van der Waals surface area (Å²) in [6.07, 6.45) is 0. The third kappa shape index (κ3) is 4.09. The van der Waals surface area contributed by atoms with Crippen LogP contribution in [0.15, 0.2) is 18.2 Å². The summed E-state index contributed by atoms with van der Waals surface area (Å²) in [5, 5.41) is 0.648. The minimum Gasteiger partial charge on any atom is -0.336 e. The molecule has 1 heterocycles. The molecule has 20 heavy (non-hydrogen) atoms. The van der Waals surface area contributed by atoms with Crippen LogP contribution in [0.1, 0.15) is 24.2 Å². The largest absolute Gasteiger partial charge is 0.336 e. The van der Waals surface area contributed by atoms with Crippen LogP contribution in [0.2, 0.25) is 5.02 Å². The van der Waals surface area contributed by atoms with Crippen LogP contribution < -0.4 is 0 Å². The summed E-state index contributed by atoms with van der Waals surface area (Å²) in [5.41, 5.74) is 0.688. The molecule has 0 radical (unpaired) electrons. The van der Waals surface area contributed by atoms with Crippen molar-refractivity contribution in [3.63, 3.8) is 0 Å². The molecule has 1 aliphatic rings. The van der Waals surface area contributed by atoms with Gasteiger partial charge in [0.15, 0.2) is 0 Å². The molecule has 1 aromatic carbocycles. The number of carbonyl (C=O) groups excluding carboxylic acids is 1. The zero-order valence-corrected chi connectivity index (χ0v) is 14.8. The minimum atomic E-state index is 0.0903. The van der Waals surface area contributed by atoms with Gasteiger partial charge in [-0.15, -0.1) is 0 Å². The molecule has 1 aromatic rings. The van der Waals surface area contributed by atoms with Gasteiger partial charge in [0.1, 0.15) is 0 Å². The van der Waals surface area contributed by atoms with E-state index in [1.165, 1.54) is 0 Å². The number of halogens is 2. The number of carbonyl (C=O) groups is 1. The van der Waals surface area contributed by atoms with Gasteiger partial charge in [0, 0.05) is 41.9 Å². The van der Waals surface area contributed by atoms with Crippen LogP contribution >= 0.6 is 34.2 Å². The molecule has 0 spiro atoms. The molecule has 0 aliphatic carbocycles. The van der Waals surface area contributed by atoms with Gasteiger partial charge in [0.25, 0.3) is 5.91 Å². The molecule has 0 N–H and O–H groups in total. The number of nitrogens with zero attached hydrogens (tertiary/aromatic N) is 2. The maximum Gasteiger partial charge on any atom is 0.253 e. The summed E-state index contributed by atoms with van der Waals surface area (Å²) < 4.78 is 0.975. The number of piperazine rings is 1. The minimum absolute atomic E-state index is 0.0903. The Kier molecular flexibility index (Phi) is 5.69. The number of rotatable bonds is 3. The highest BCUT2D eigenvalue weighted by Gasteiger charge is 2.22. The third-order valence-corrected chi connectivity index (χ3v) is 5.02. The summed E-state index contributed by atoms with van der Waals surface area (Å²) >= 11 is 8.26. The predicted octanol–water partition coefficient (Wildman–Crippen LogP) is 3.36. The third-order valence-electron chi connectivity index (χ3n) is 3.45. The highest BCUT2D eigenvalue weighted by molar-refractivity contribution is 14.1. The second-order valence-electron chi connectivity index (χ2n) is 5.62. The van der Waals surface area contributed by atoms with E-state index >= 15 is 0 Å². The standard InChI is InChI=1S/C15H20ClIN2O/c1-11(2)10-18-5-7-19(8-6-18)15(20)12-3-4-14(17)13(16)9-12/h3-4,9,11H,5-8,10H2,1-2H3. The lowest BCUT2D eigenvalue weighted by atomic mass is 10.1. The Bertz CT molecular complexity index is 485. The molecule has 5 heteroatoms. The van der Waals surface area contributed by atoms with Crippen LogP contribution in [-0.4, -0.2) is 48.4 Å². The first-order valence-electron chi connectivity index (χ1n) is 6.94. The predicted molar refractivity (Wildman–Crippen MR) is 91.4 cm³/mol. The van der Waals surface area contributed by atoms with E-state index in [0.717, 1.165) is 36.3 Å². The van der Waals surface area contributed by atoms with Crippen LogP contribution in [0.4, 0.5) is 0 Å². The van der Waals surface area contributed by atoms with E-state index in [1.807, 2.05) is 17.0 Å². The summed E-state index contributed by atoms with van der Waals surface area (Å²) in [4.78, 5) is 16.8. The Labute approximate surface area is 139 Å². The fourth-order valence-electron chi connectivity index (χ4n) is 2.46. The quantitative estimate of drug-likeness (QED) is 0.719. The highest BCUT2D eigenvalue weighted by Crippen LogP contribution is 2.21. The van der Waals surface area contributed by atoms with E-state index in [0.29, 0.717) is 16.5 Å². The molecule has 0 bridgehead atoms. The van der Waals surface area contributed by atoms with E-state index in [4.69, 9.17) is 11.6 Å². The highest BCUT2D eigenvalue weighted by atomic mass is 127. The molecule has 0 saturated carbocycles. The van der Waals surface area contributed by atoms with Gasteiger partial charge >= 0.3 is 0 Å². The molecule has 1 saturated heterocycles. The van der Waals surface area contributed by atoms with Crippen molar-refractivity contribution in [1.29, 1.82) is 0 Å². The second kappa shape index (κ2) is 7.09. The van der Waals surface area contributed by atoms with Gasteiger partial charge in [-0.25, -0.2) is 0 Å². The summed E-state index contributed by atoms with van der Waals surface area (Å²) in [6.45, 7) is 9.09. The monoisotopic (exact) mass is 406 g/mol. The molecular formula is C15H20ClIN2O. The van der Waals surface area contributed by atoms with Crippen molar-refractivity contribution in [2.24, 2.45) is 5.92 Å². The van der Waals surface area contributed by atoms with Crippen molar-refractivity contribution < 1.29 is 4.79 Å². The van der Waals surface area contributed by atoms with E-state index in [9.17, 15) is 4.79 Å². The topological polar surface area (TPSA) is 23.6 Å². The molecule has 2 rings (SSSR count). The van der Waals surface area contributed by atoms with Crippen molar-refractivity contribution >= 4 is 40.1 Å². The van der Waals surface area contributed by atoms with Crippen molar-refractivity contribution in [2.75, 3.05) is 32.7 Å². The molecule has 0 aromatic heterocycles. The lowest BCUT2D eigenvalue weighted by Gasteiger charge is -2.35. The Morgan fingerprint density at radius 2 is 1.95 bits per heavy atom. The molecule has 110 valence electrons. The van der Waals surface area contributed by atoms with Crippen molar-refractivity contribution in [3.05, 3.63) is 32.4 Å². The summed E-state index contributed by atoms with van der Waals surface area (Å²) in [5.74, 6) is 0.764. The van der Waals surface area contributed by atoms with E-state index in [-0.39, 0.29) is 5.91 Å². The number of amides is 1. The van der Waals surface area contributed by atoms with Crippen molar-refractivity contribution in [3.8, 4) is 0 Å². The molecule has 3 nitrogen and oxygen atoms in total. The van der Waals surface area contributed by atoms with Crippen molar-refractivity contribution in [1.82, 2.24) is 9.80 Å². The number of hydrogen-bond acceptors (Lipinski definition) is 2. The average Bonchev–Trinajstić information content (AvgIpc) is 2.41. The molecule has 1 aliphatic heterocycles.